The van der Waals surface area contributed by atoms with Gasteiger partial charge in [0.25, 0.3) is 5.91 Å². The summed E-state index contributed by atoms with van der Waals surface area (Å²) in [6.07, 6.45) is 6.17. The Bertz CT molecular complexity index is 470. The average molecular weight is 366 g/mol. The minimum absolute atomic E-state index is 0.00658. The molecule has 0 aliphatic heterocycles. The standard InChI is InChI=1S/C11H15NO3.C8H14O.C2H6/c13-7-9-15-8-6-12-11(14)10-4-2-1-3-5-10;1-7(9)8-5-3-2-4-6-8;1-2/h1-5,13H,6-9H2,(H,12,14);8H,2-6H2,1H3;1-2H3. The first kappa shape index (κ1) is 24.3. The van der Waals surface area contributed by atoms with Gasteiger partial charge < -0.3 is 15.2 Å². The number of hydrogen-bond donors (Lipinski definition) is 2. The summed E-state index contributed by atoms with van der Waals surface area (Å²) in [6, 6.07) is 9.00. The summed E-state index contributed by atoms with van der Waals surface area (Å²) in [4.78, 5) is 22.3. The molecular formula is C21H35NO4. The van der Waals surface area contributed by atoms with Gasteiger partial charge in [-0.25, -0.2) is 0 Å². The molecule has 0 radical (unpaired) electrons. The topological polar surface area (TPSA) is 75.6 Å². The molecule has 5 nitrogen and oxygen atoms in total. The first-order valence-corrected chi connectivity index (χ1v) is 9.67. The molecule has 26 heavy (non-hydrogen) atoms. The van der Waals surface area contributed by atoms with Gasteiger partial charge in [0.05, 0.1) is 19.8 Å². The van der Waals surface area contributed by atoms with Crippen LogP contribution in [0.3, 0.4) is 0 Å². The molecule has 0 unspecified atom stereocenters. The van der Waals surface area contributed by atoms with Crippen LogP contribution in [-0.2, 0) is 9.53 Å². The fraction of sp³-hybridized carbons (Fsp3) is 0.619. The number of rotatable bonds is 7. The van der Waals surface area contributed by atoms with Crippen molar-refractivity contribution in [2.45, 2.75) is 52.9 Å². The Morgan fingerprint density at radius 2 is 1.69 bits per heavy atom. The van der Waals surface area contributed by atoms with Crippen molar-refractivity contribution in [2.75, 3.05) is 26.4 Å². The van der Waals surface area contributed by atoms with E-state index in [9.17, 15) is 9.59 Å². The van der Waals surface area contributed by atoms with E-state index in [1.165, 1.54) is 19.3 Å². The normalized spacial score (nSPS) is 13.5. The molecule has 1 aromatic carbocycles. The second-order valence-corrected chi connectivity index (χ2v) is 5.90. The summed E-state index contributed by atoms with van der Waals surface area (Å²) < 4.78 is 5.00. The SMILES string of the molecule is CC.CC(=O)C1CCCCC1.O=C(NCCOCCO)c1ccccc1. The number of aliphatic hydroxyl groups excluding tert-OH is 1. The van der Waals surface area contributed by atoms with Crippen molar-refractivity contribution in [2.24, 2.45) is 5.92 Å². The van der Waals surface area contributed by atoms with Gasteiger partial charge in [-0.1, -0.05) is 51.3 Å². The number of nitrogens with one attached hydrogen (secondary N) is 1. The van der Waals surface area contributed by atoms with Crippen molar-refractivity contribution >= 4 is 11.7 Å². The van der Waals surface area contributed by atoms with Crippen LogP contribution in [0.4, 0.5) is 0 Å². The van der Waals surface area contributed by atoms with Gasteiger partial charge in [0.1, 0.15) is 5.78 Å². The number of Topliss-reactive ketones (excluding diaryl/α,β-unsaturated/α-hetero) is 1. The van der Waals surface area contributed by atoms with Gasteiger partial charge in [-0.3, -0.25) is 9.59 Å². The lowest BCUT2D eigenvalue weighted by atomic mass is 9.87. The first-order chi connectivity index (χ1) is 12.6. The minimum Gasteiger partial charge on any atom is -0.394 e. The summed E-state index contributed by atoms with van der Waals surface area (Å²) in [5.74, 6) is 0.705. The van der Waals surface area contributed by atoms with Gasteiger partial charge in [-0.2, -0.15) is 0 Å². The van der Waals surface area contributed by atoms with Crippen LogP contribution in [-0.4, -0.2) is 43.2 Å². The molecule has 0 heterocycles. The summed E-state index contributed by atoms with van der Waals surface area (Å²) in [5.41, 5.74) is 0.639. The highest BCUT2D eigenvalue weighted by molar-refractivity contribution is 5.94. The highest BCUT2D eigenvalue weighted by atomic mass is 16.5. The number of hydrogen-bond acceptors (Lipinski definition) is 4. The fourth-order valence-corrected chi connectivity index (χ4v) is 2.60. The van der Waals surface area contributed by atoms with E-state index < -0.39 is 0 Å². The fourth-order valence-electron chi connectivity index (χ4n) is 2.60. The zero-order chi connectivity index (χ0) is 19.6. The van der Waals surface area contributed by atoms with E-state index >= 15 is 0 Å². The maximum Gasteiger partial charge on any atom is 0.251 e. The third-order valence-corrected chi connectivity index (χ3v) is 3.98. The third-order valence-electron chi connectivity index (χ3n) is 3.98. The molecule has 1 saturated carbocycles. The molecule has 1 aliphatic rings. The molecule has 5 heteroatoms. The second kappa shape index (κ2) is 16.7. The Morgan fingerprint density at radius 1 is 1.08 bits per heavy atom. The number of benzene rings is 1. The van der Waals surface area contributed by atoms with Crippen molar-refractivity contribution in [1.29, 1.82) is 0 Å². The van der Waals surface area contributed by atoms with Crippen molar-refractivity contribution < 1.29 is 19.4 Å². The largest absolute Gasteiger partial charge is 0.394 e. The van der Waals surface area contributed by atoms with E-state index in [4.69, 9.17) is 9.84 Å². The predicted octanol–water partition coefficient (Wildman–Crippen LogP) is 3.61. The molecule has 1 fully saturated rings. The van der Waals surface area contributed by atoms with Crippen molar-refractivity contribution in [3.63, 3.8) is 0 Å². The Balaban J connectivity index is 0.000000484. The molecule has 2 rings (SSSR count). The lowest BCUT2D eigenvalue weighted by Crippen LogP contribution is -2.27. The van der Waals surface area contributed by atoms with Crippen LogP contribution in [0.5, 0.6) is 0 Å². The lowest BCUT2D eigenvalue weighted by Gasteiger charge is -2.17. The van der Waals surface area contributed by atoms with Gasteiger partial charge in [-0.15, -0.1) is 0 Å². The van der Waals surface area contributed by atoms with Crippen LogP contribution in [0.2, 0.25) is 0 Å². The highest BCUT2D eigenvalue weighted by Gasteiger charge is 2.16. The average Bonchev–Trinajstić information content (AvgIpc) is 2.71. The Kier molecular flexibility index (Phi) is 15.6. The van der Waals surface area contributed by atoms with Gasteiger partial charge in [0, 0.05) is 18.0 Å². The quantitative estimate of drug-likeness (QED) is 0.724. The van der Waals surface area contributed by atoms with Crippen molar-refractivity contribution in [3.05, 3.63) is 35.9 Å². The summed E-state index contributed by atoms with van der Waals surface area (Å²) in [6.45, 7) is 6.90. The van der Waals surface area contributed by atoms with E-state index in [2.05, 4.69) is 5.32 Å². The number of ketones is 1. The first-order valence-electron chi connectivity index (χ1n) is 9.67. The summed E-state index contributed by atoms with van der Waals surface area (Å²) >= 11 is 0. The van der Waals surface area contributed by atoms with Crippen LogP contribution in [0.1, 0.15) is 63.2 Å². The maximum atomic E-state index is 11.5. The molecule has 1 aliphatic carbocycles. The predicted molar refractivity (Wildman–Crippen MR) is 105 cm³/mol. The third kappa shape index (κ3) is 11.8. The van der Waals surface area contributed by atoms with E-state index in [-0.39, 0.29) is 12.5 Å². The maximum absolute atomic E-state index is 11.5. The molecule has 0 saturated heterocycles. The van der Waals surface area contributed by atoms with Gasteiger partial charge in [0.2, 0.25) is 0 Å². The van der Waals surface area contributed by atoms with Crippen LogP contribution >= 0.6 is 0 Å². The van der Waals surface area contributed by atoms with E-state index in [1.807, 2.05) is 32.0 Å². The van der Waals surface area contributed by atoms with E-state index in [1.54, 1.807) is 19.1 Å². The lowest BCUT2D eigenvalue weighted by molar-refractivity contribution is -0.121. The second-order valence-electron chi connectivity index (χ2n) is 5.90. The van der Waals surface area contributed by atoms with Crippen LogP contribution in [0.15, 0.2) is 30.3 Å². The Labute approximate surface area is 158 Å². The smallest absolute Gasteiger partial charge is 0.251 e. The summed E-state index contributed by atoms with van der Waals surface area (Å²) in [7, 11) is 0. The molecule has 0 bridgehead atoms. The monoisotopic (exact) mass is 365 g/mol. The van der Waals surface area contributed by atoms with E-state index in [0.29, 0.717) is 37.0 Å². The summed E-state index contributed by atoms with van der Waals surface area (Å²) in [5, 5.41) is 11.2. The Hall–Kier alpha value is -1.72. The molecule has 148 valence electrons. The van der Waals surface area contributed by atoms with E-state index in [0.717, 1.165) is 12.8 Å². The molecule has 0 aromatic heterocycles. The highest BCUT2D eigenvalue weighted by Crippen LogP contribution is 2.23. The number of carbonyl (C=O) groups excluding carboxylic acids is 2. The Morgan fingerprint density at radius 3 is 2.19 bits per heavy atom. The minimum atomic E-state index is -0.108. The molecule has 1 amide bonds. The molecule has 0 spiro atoms. The number of aliphatic hydroxyl groups is 1. The molecule has 0 atom stereocenters. The van der Waals surface area contributed by atoms with Crippen molar-refractivity contribution in [1.82, 2.24) is 5.32 Å². The van der Waals surface area contributed by atoms with Gasteiger partial charge >= 0.3 is 0 Å². The van der Waals surface area contributed by atoms with Crippen LogP contribution in [0, 0.1) is 5.92 Å². The van der Waals surface area contributed by atoms with Crippen LogP contribution < -0.4 is 5.32 Å². The molecular weight excluding hydrogens is 330 g/mol. The zero-order valence-corrected chi connectivity index (χ0v) is 16.5. The number of carbonyl (C=O) groups is 2. The van der Waals surface area contributed by atoms with Crippen LogP contribution in [0.25, 0.3) is 0 Å². The number of amides is 1. The zero-order valence-electron chi connectivity index (χ0n) is 16.5. The molecule has 2 N–H and O–H groups in total. The molecule has 1 aromatic rings. The van der Waals surface area contributed by atoms with Gasteiger partial charge in [-0.05, 0) is 31.9 Å². The van der Waals surface area contributed by atoms with Gasteiger partial charge in [0.15, 0.2) is 0 Å². The number of ether oxygens (including phenoxy) is 1. The van der Waals surface area contributed by atoms with Crippen molar-refractivity contribution in [3.8, 4) is 0 Å².